The molecule has 5 heterocycles. The molecule has 0 atom stereocenters. The summed E-state index contributed by atoms with van der Waals surface area (Å²) >= 11 is 0. The van der Waals surface area contributed by atoms with Crippen LogP contribution in [0, 0.1) is 5.82 Å². The fourth-order valence-electron chi connectivity index (χ4n) is 4.49. The zero-order valence-corrected chi connectivity index (χ0v) is 20.9. The number of pyridine rings is 2. The molecule has 1 aliphatic rings. The van der Waals surface area contributed by atoms with Crippen molar-refractivity contribution in [1.82, 2.24) is 28.8 Å². The number of fused-ring (bicyclic) bond motifs is 2. The Kier molecular flexibility index (Phi) is 6.13. The van der Waals surface area contributed by atoms with Gasteiger partial charge < -0.3 is 10.1 Å². The first-order valence-corrected chi connectivity index (χ1v) is 15.6. The molecule has 0 saturated carbocycles. The molecular formula is C24H31FN6O2Si. The minimum Gasteiger partial charge on any atom is -0.361 e. The standard InChI is InChI=1S/C24H31FN6O2Si/c1-34(2,3)13-12-33-16-30-20-6-5-19(21-14-27-22-7-4-17(25)15-29(21)22)28-23(20)31(24(30)32)18-8-10-26-11-9-18/h4-7,14-15,18,26H,8-13,16H2,1-3H3. The second-order valence-electron chi connectivity index (χ2n) is 10.2. The van der Waals surface area contributed by atoms with Crippen molar-refractivity contribution in [2.75, 3.05) is 19.7 Å². The summed E-state index contributed by atoms with van der Waals surface area (Å²) < 4.78 is 25.1. The van der Waals surface area contributed by atoms with Crippen LogP contribution < -0.4 is 11.0 Å². The van der Waals surface area contributed by atoms with Crippen LogP contribution in [-0.2, 0) is 11.5 Å². The van der Waals surface area contributed by atoms with Crippen LogP contribution in [0.5, 0.6) is 0 Å². The van der Waals surface area contributed by atoms with Crippen LogP contribution in [0.3, 0.4) is 0 Å². The molecule has 0 radical (unpaired) electrons. The Morgan fingerprint density at radius 2 is 1.97 bits per heavy atom. The van der Waals surface area contributed by atoms with E-state index < -0.39 is 8.07 Å². The zero-order chi connectivity index (χ0) is 23.9. The van der Waals surface area contributed by atoms with Gasteiger partial charge >= 0.3 is 5.69 Å². The van der Waals surface area contributed by atoms with Crippen molar-refractivity contribution >= 4 is 24.9 Å². The molecule has 180 valence electrons. The molecule has 0 amide bonds. The molecule has 0 unspecified atom stereocenters. The smallest absolute Gasteiger partial charge is 0.332 e. The van der Waals surface area contributed by atoms with E-state index in [2.05, 4.69) is 29.9 Å². The van der Waals surface area contributed by atoms with E-state index in [0.29, 0.717) is 29.3 Å². The first-order chi connectivity index (χ1) is 16.3. The highest BCUT2D eigenvalue weighted by Crippen LogP contribution is 2.26. The lowest BCUT2D eigenvalue weighted by Gasteiger charge is -2.23. The maximum Gasteiger partial charge on any atom is 0.332 e. The minimum absolute atomic E-state index is 0.0712. The van der Waals surface area contributed by atoms with Gasteiger partial charge in [0.2, 0.25) is 0 Å². The molecule has 0 aliphatic carbocycles. The molecule has 1 aliphatic heterocycles. The average Bonchev–Trinajstić information content (AvgIpc) is 3.34. The largest absolute Gasteiger partial charge is 0.361 e. The summed E-state index contributed by atoms with van der Waals surface area (Å²) in [5, 5.41) is 3.36. The van der Waals surface area contributed by atoms with E-state index in [0.717, 1.165) is 37.5 Å². The maximum absolute atomic E-state index is 13.9. The van der Waals surface area contributed by atoms with Gasteiger partial charge in [-0.1, -0.05) is 19.6 Å². The number of piperidine rings is 1. The molecular weight excluding hydrogens is 451 g/mol. The van der Waals surface area contributed by atoms with Crippen LogP contribution in [0.25, 0.3) is 28.2 Å². The fraction of sp³-hybridized carbons (Fsp3) is 0.458. The van der Waals surface area contributed by atoms with Gasteiger partial charge in [-0.15, -0.1) is 0 Å². The first kappa shape index (κ1) is 22.9. The third-order valence-corrected chi connectivity index (χ3v) is 8.14. The van der Waals surface area contributed by atoms with Crippen LogP contribution in [-0.4, -0.2) is 51.3 Å². The third-order valence-electron chi connectivity index (χ3n) is 6.43. The molecule has 5 rings (SSSR count). The molecule has 1 N–H and O–H groups in total. The summed E-state index contributed by atoms with van der Waals surface area (Å²) in [6.07, 6.45) is 4.82. The quantitative estimate of drug-likeness (QED) is 0.319. The Morgan fingerprint density at radius 3 is 2.74 bits per heavy atom. The van der Waals surface area contributed by atoms with Crippen molar-refractivity contribution in [3.63, 3.8) is 0 Å². The van der Waals surface area contributed by atoms with E-state index in [4.69, 9.17) is 9.72 Å². The second kappa shape index (κ2) is 9.08. The van der Waals surface area contributed by atoms with Crippen LogP contribution in [0.15, 0.2) is 41.5 Å². The summed E-state index contributed by atoms with van der Waals surface area (Å²) in [5.74, 6) is -0.346. The number of imidazole rings is 2. The average molecular weight is 483 g/mol. The van der Waals surface area contributed by atoms with Crippen molar-refractivity contribution in [2.45, 2.75) is 51.3 Å². The van der Waals surface area contributed by atoms with Crippen LogP contribution in [0.4, 0.5) is 4.39 Å². The Morgan fingerprint density at radius 1 is 1.18 bits per heavy atom. The summed E-state index contributed by atoms with van der Waals surface area (Å²) in [6.45, 7) is 9.50. The normalized spacial score (nSPS) is 15.5. The van der Waals surface area contributed by atoms with Gasteiger partial charge in [-0.25, -0.2) is 19.2 Å². The number of ether oxygens (including phenoxy) is 1. The lowest BCUT2D eigenvalue weighted by Crippen LogP contribution is -2.35. The highest BCUT2D eigenvalue weighted by atomic mass is 28.3. The van der Waals surface area contributed by atoms with E-state index >= 15 is 0 Å². The van der Waals surface area contributed by atoms with E-state index in [9.17, 15) is 9.18 Å². The molecule has 4 aromatic heterocycles. The highest BCUT2D eigenvalue weighted by Gasteiger charge is 2.24. The summed E-state index contributed by atoms with van der Waals surface area (Å²) in [7, 11) is -1.22. The first-order valence-electron chi connectivity index (χ1n) is 11.8. The molecule has 1 saturated heterocycles. The van der Waals surface area contributed by atoms with Gasteiger partial charge in [0.25, 0.3) is 0 Å². The summed E-state index contributed by atoms with van der Waals surface area (Å²) in [5.41, 5.74) is 3.26. The molecule has 0 bridgehead atoms. The molecule has 1 fully saturated rings. The Balaban J connectivity index is 1.57. The van der Waals surface area contributed by atoms with Gasteiger partial charge in [-0.05, 0) is 56.2 Å². The Bertz CT molecular complexity index is 1380. The van der Waals surface area contributed by atoms with Crippen LogP contribution in [0.1, 0.15) is 18.9 Å². The Labute approximate surface area is 198 Å². The maximum atomic E-state index is 13.9. The van der Waals surface area contributed by atoms with E-state index in [1.807, 2.05) is 16.7 Å². The number of nitrogens with zero attached hydrogens (tertiary/aromatic N) is 5. The summed E-state index contributed by atoms with van der Waals surface area (Å²) in [6, 6.07) is 7.92. The van der Waals surface area contributed by atoms with E-state index in [1.165, 1.54) is 12.3 Å². The predicted molar refractivity (Wildman–Crippen MR) is 133 cm³/mol. The monoisotopic (exact) mass is 482 g/mol. The van der Waals surface area contributed by atoms with Crippen molar-refractivity contribution in [1.29, 1.82) is 0 Å². The number of rotatable bonds is 7. The topological polar surface area (TPSA) is 78.4 Å². The third kappa shape index (κ3) is 4.45. The number of nitrogens with one attached hydrogen (secondary N) is 1. The minimum atomic E-state index is -1.22. The lowest BCUT2D eigenvalue weighted by atomic mass is 10.1. The van der Waals surface area contributed by atoms with Crippen LogP contribution in [0.2, 0.25) is 25.7 Å². The van der Waals surface area contributed by atoms with Gasteiger partial charge in [0.05, 0.1) is 23.1 Å². The number of halogens is 1. The van der Waals surface area contributed by atoms with Gasteiger partial charge in [-0.2, -0.15) is 0 Å². The van der Waals surface area contributed by atoms with Crippen LogP contribution >= 0.6 is 0 Å². The van der Waals surface area contributed by atoms with Gasteiger partial charge in [-0.3, -0.25) is 13.5 Å². The molecule has 0 spiro atoms. The molecule has 4 aromatic rings. The number of aromatic nitrogens is 5. The van der Waals surface area contributed by atoms with Crippen molar-refractivity contribution in [3.8, 4) is 11.4 Å². The number of hydrogen-bond donors (Lipinski definition) is 1. The second-order valence-corrected chi connectivity index (χ2v) is 15.8. The lowest BCUT2D eigenvalue weighted by molar-refractivity contribution is 0.0867. The molecule has 8 nitrogen and oxygen atoms in total. The van der Waals surface area contributed by atoms with Gasteiger partial charge in [0, 0.05) is 26.9 Å². The predicted octanol–water partition coefficient (Wildman–Crippen LogP) is 3.89. The Hall–Kier alpha value is -2.82. The highest BCUT2D eigenvalue weighted by molar-refractivity contribution is 6.76. The van der Waals surface area contributed by atoms with E-state index in [-0.39, 0.29) is 24.3 Å². The van der Waals surface area contributed by atoms with Crippen molar-refractivity contribution < 1.29 is 9.13 Å². The van der Waals surface area contributed by atoms with Gasteiger partial charge in [0.1, 0.15) is 18.2 Å². The van der Waals surface area contributed by atoms with Crippen molar-refractivity contribution in [2.24, 2.45) is 0 Å². The summed E-state index contributed by atoms with van der Waals surface area (Å²) in [4.78, 5) is 22.9. The molecule has 0 aromatic carbocycles. The molecule has 34 heavy (non-hydrogen) atoms. The zero-order valence-electron chi connectivity index (χ0n) is 19.9. The van der Waals surface area contributed by atoms with Gasteiger partial charge in [0.15, 0.2) is 5.65 Å². The fourth-order valence-corrected chi connectivity index (χ4v) is 5.25. The van der Waals surface area contributed by atoms with Crippen molar-refractivity contribution in [3.05, 3.63) is 53.0 Å². The number of hydrogen-bond acceptors (Lipinski definition) is 5. The molecule has 10 heteroatoms. The van der Waals surface area contributed by atoms with E-state index in [1.54, 1.807) is 21.2 Å². The SMILES string of the molecule is C[Si](C)(C)CCOCn1c(=O)n(C2CCNCC2)c2nc(-c3cnc4ccc(F)cn34)ccc21.